The number of aromatic carboxylic acids is 1. The highest BCUT2D eigenvalue weighted by molar-refractivity contribution is 7.13. The van der Waals surface area contributed by atoms with Gasteiger partial charge in [0.05, 0.1) is 10.4 Å². The summed E-state index contributed by atoms with van der Waals surface area (Å²) in [5.41, 5.74) is 1.70. The van der Waals surface area contributed by atoms with Crippen LogP contribution in [0.3, 0.4) is 0 Å². The van der Waals surface area contributed by atoms with Gasteiger partial charge in [0.2, 0.25) is 0 Å². The van der Waals surface area contributed by atoms with Crippen molar-refractivity contribution in [2.24, 2.45) is 0 Å². The van der Waals surface area contributed by atoms with Gasteiger partial charge >= 0.3 is 12.3 Å². The first-order valence-corrected chi connectivity index (χ1v) is 5.78. The number of aromatic nitrogens is 1. The van der Waals surface area contributed by atoms with Crippen molar-refractivity contribution < 1.29 is 27.8 Å². The molecule has 1 N–H and O–H groups in total. The van der Waals surface area contributed by atoms with Gasteiger partial charge in [-0.25, -0.2) is 9.78 Å². The molecule has 19 heavy (non-hydrogen) atoms. The van der Waals surface area contributed by atoms with Crippen LogP contribution < -0.4 is 4.74 Å². The second-order valence-electron chi connectivity index (χ2n) is 3.41. The van der Waals surface area contributed by atoms with Crippen molar-refractivity contribution in [2.75, 3.05) is 0 Å². The van der Waals surface area contributed by atoms with Crippen LogP contribution in [-0.4, -0.2) is 22.4 Å². The summed E-state index contributed by atoms with van der Waals surface area (Å²) in [6.45, 7) is 0. The fourth-order valence-corrected chi connectivity index (χ4v) is 2.20. The van der Waals surface area contributed by atoms with Gasteiger partial charge in [-0.3, -0.25) is 0 Å². The van der Waals surface area contributed by atoms with Crippen LogP contribution in [0.4, 0.5) is 13.2 Å². The summed E-state index contributed by atoms with van der Waals surface area (Å²) >= 11 is 1.09. The molecule has 1 aromatic heterocycles. The number of rotatable bonds is 3. The van der Waals surface area contributed by atoms with Gasteiger partial charge in [0.25, 0.3) is 0 Å². The first-order chi connectivity index (χ1) is 8.87. The van der Waals surface area contributed by atoms with Gasteiger partial charge in [-0.1, -0.05) is 0 Å². The van der Waals surface area contributed by atoms with E-state index in [2.05, 4.69) is 9.72 Å². The highest BCUT2D eigenvalue weighted by Crippen LogP contribution is 2.30. The molecule has 0 saturated carbocycles. The minimum Gasteiger partial charge on any atom is -0.476 e. The first kappa shape index (κ1) is 13.3. The van der Waals surface area contributed by atoms with Crippen LogP contribution in [-0.2, 0) is 0 Å². The predicted molar refractivity (Wildman–Crippen MR) is 61.2 cm³/mol. The second kappa shape index (κ2) is 4.88. The highest BCUT2D eigenvalue weighted by atomic mass is 32.1. The quantitative estimate of drug-likeness (QED) is 0.940. The molecule has 1 aromatic carbocycles. The highest BCUT2D eigenvalue weighted by Gasteiger charge is 2.31. The number of benzene rings is 1. The Balaban J connectivity index is 2.28. The molecule has 0 bridgehead atoms. The van der Waals surface area contributed by atoms with Crippen molar-refractivity contribution in [1.29, 1.82) is 0 Å². The zero-order chi connectivity index (χ0) is 14.0. The smallest absolute Gasteiger partial charge is 0.476 e. The van der Waals surface area contributed by atoms with Crippen LogP contribution in [0.25, 0.3) is 10.4 Å². The lowest BCUT2D eigenvalue weighted by atomic mass is 10.1. The van der Waals surface area contributed by atoms with Crippen LogP contribution in [0.2, 0.25) is 0 Å². The molecule has 0 atom stereocenters. The SMILES string of the molecule is O=C(O)c1ncsc1-c1ccc(OC(F)(F)F)cc1. The number of hydrogen-bond donors (Lipinski definition) is 1. The molecule has 4 nitrogen and oxygen atoms in total. The maximum atomic E-state index is 12.0. The van der Waals surface area contributed by atoms with E-state index in [0.717, 1.165) is 23.5 Å². The number of alkyl halides is 3. The number of hydrogen-bond acceptors (Lipinski definition) is 4. The van der Waals surface area contributed by atoms with Crippen LogP contribution in [0.5, 0.6) is 5.75 Å². The Kier molecular flexibility index (Phi) is 3.43. The molecule has 2 aromatic rings. The van der Waals surface area contributed by atoms with Crippen LogP contribution in [0, 0.1) is 0 Å². The molecule has 0 aliphatic carbocycles. The monoisotopic (exact) mass is 289 g/mol. The number of carboxylic acid groups (broad SMARTS) is 1. The Morgan fingerprint density at radius 1 is 1.26 bits per heavy atom. The summed E-state index contributed by atoms with van der Waals surface area (Å²) in [7, 11) is 0. The minimum atomic E-state index is -4.75. The van der Waals surface area contributed by atoms with E-state index < -0.39 is 12.3 Å². The van der Waals surface area contributed by atoms with Crippen LogP contribution in [0.1, 0.15) is 10.5 Å². The number of halogens is 3. The summed E-state index contributed by atoms with van der Waals surface area (Å²) in [5, 5.41) is 8.89. The zero-order valence-electron chi connectivity index (χ0n) is 9.14. The number of carbonyl (C=O) groups is 1. The molecule has 100 valence electrons. The van der Waals surface area contributed by atoms with Crippen molar-refractivity contribution in [1.82, 2.24) is 4.98 Å². The van der Waals surface area contributed by atoms with E-state index in [1.807, 2.05) is 0 Å². The van der Waals surface area contributed by atoms with E-state index >= 15 is 0 Å². The van der Waals surface area contributed by atoms with Crippen molar-refractivity contribution in [2.45, 2.75) is 6.36 Å². The van der Waals surface area contributed by atoms with Crippen molar-refractivity contribution in [3.8, 4) is 16.2 Å². The molecule has 0 radical (unpaired) electrons. The van der Waals surface area contributed by atoms with Crippen LogP contribution >= 0.6 is 11.3 Å². The molecular formula is C11H6F3NO3S. The molecule has 0 aliphatic rings. The fourth-order valence-electron chi connectivity index (χ4n) is 1.41. The normalized spacial score (nSPS) is 11.3. The van der Waals surface area contributed by atoms with Gasteiger partial charge in [-0.2, -0.15) is 0 Å². The third-order valence-corrected chi connectivity index (χ3v) is 3.00. The van der Waals surface area contributed by atoms with Crippen molar-refractivity contribution >= 4 is 17.3 Å². The summed E-state index contributed by atoms with van der Waals surface area (Å²) in [5.74, 6) is -1.55. The minimum absolute atomic E-state index is 0.130. The lowest BCUT2D eigenvalue weighted by molar-refractivity contribution is -0.274. The summed E-state index contributed by atoms with van der Waals surface area (Å²) in [6.07, 6.45) is -4.75. The van der Waals surface area contributed by atoms with Gasteiger partial charge in [-0.15, -0.1) is 24.5 Å². The molecule has 0 saturated heterocycles. The lowest BCUT2D eigenvalue weighted by Gasteiger charge is -2.08. The third-order valence-electron chi connectivity index (χ3n) is 2.12. The molecule has 0 aliphatic heterocycles. The first-order valence-electron chi connectivity index (χ1n) is 4.90. The van der Waals surface area contributed by atoms with Gasteiger partial charge in [0.1, 0.15) is 5.75 Å². The summed E-state index contributed by atoms with van der Waals surface area (Å²) in [6, 6.07) is 4.93. The Bertz CT molecular complexity index is 592. The largest absolute Gasteiger partial charge is 0.573 e. The molecule has 2 rings (SSSR count). The molecule has 0 spiro atoms. The molecule has 0 amide bonds. The fraction of sp³-hybridized carbons (Fsp3) is 0.0909. The van der Waals surface area contributed by atoms with E-state index in [1.165, 1.54) is 17.6 Å². The number of ether oxygens (including phenoxy) is 1. The molecule has 0 unspecified atom stereocenters. The Morgan fingerprint density at radius 3 is 2.42 bits per heavy atom. The van der Waals surface area contributed by atoms with Gasteiger partial charge < -0.3 is 9.84 Å². The predicted octanol–water partition coefficient (Wildman–Crippen LogP) is 3.41. The van der Waals surface area contributed by atoms with Gasteiger partial charge in [0.15, 0.2) is 5.69 Å². The number of carboxylic acids is 1. The maximum absolute atomic E-state index is 12.0. The molecule has 8 heteroatoms. The average Bonchev–Trinajstić information content (AvgIpc) is 2.76. The van der Waals surface area contributed by atoms with Crippen LogP contribution in [0.15, 0.2) is 29.8 Å². The van der Waals surface area contributed by atoms with Crippen molar-refractivity contribution in [3.63, 3.8) is 0 Å². The Hall–Kier alpha value is -2.09. The molecule has 0 fully saturated rings. The second-order valence-corrected chi connectivity index (χ2v) is 4.26. The summed E-state index contributed by atoms with van der Waals surface area (Å²) < 4.78 is 39.7. The Morgan fingerprint density at radius 2 is 1.89 bits per heavy atom. The van der Waals surface area contributed by atoms with E-state index in [4.69, 9.17) is 5.11 Å². The number of nitrogens with zero attached hydrogens (tertiary/aromatic N) is 1. The zero-order valence-corrected chi connectivity index (χ0v) is 9.96. The topological polar surface area (TPSA) is 59.4 Å². The maximum Gasteiger partial charge on any atom is 0.573 e. The van der Waals surface area contributed by atoms with Gasteiger partial charge in [-0.05, 0) is 29.8 Å². The van der Waals surface area contributed by atoms with E-state index in [-0.39, 0.29) is 11.4 Å². The average molecular weight is 289 g/mol. The van der Waals surface area contributed by atoms with Gasteiger partial charge in [0, 0.05) is 0 Å². The molecule has 1 heterocycles. The van der Waals surface area contributed by atoms with Crippen molar-refractivity contribution in [3.05, 3.63) is 35.5 Å². The van der Waals surface area contributed by atoms with E-state index in [0.29, 0.717) is 10.4 Å². The third kappa shape index (κ3) is 3.22. The lowest BCUT2D eigenvalue weighted by Crippen LogP contribution is -2.16. The van der Waals surface area contributed by atoms with E-state index in [1.54, 1.807) is 0 Å². The van der Waals surface area contributed by atoms with E-state index in [9.17, 15) is 18.0 Å². The Labute approximate surface area is 109 Å². The molecular weight excluding hydrogens is 283 g/mol. The standard InChI is InChI=1S/C11H6F3NO3S/c12-11(13,14)18-7-3-1-6(2-4-7)9-8(10(16)17)15-5-19-9/h1-5H,(H,16,17). The summed E-state index contributed by atoms with van der Waals surface area (Å²) in [4.78, 5) is 14.9. The number of thiazole rings is 1.